The summed E-state index contributed by atoms with van der Waals surface area (Å²) in [5.74, 6) is -0.285. The second kappa shape index (κ2) is 17.4. The molecule has 3 aromatic rings. The molecule has 0 saturated carbocycles. The first-order chi connectivity index (χ1) is 27.0. The van der Waals surface area contributed by atoms with Gasteiger partial charge in [0.1, 0.15) is 54.3 Å². The van der Waals surface area contributed by atoms with E-state index in [0.717, 1.165) is 29.5 Å². The fraction of sp³-hybridized carbons (Fsp3) is 0.526. The van der Waals surface area contributed by atoms with Gasteiger partial charge in [0.15, 0.2) is 23.9 Å². The summed E-state index contributed by atoms with van der Waals surface area (Å²) < 4.78 is 113. The highest BCUT2D eigenvalue weighted by Crippen LogP contribution is 2.75. The van der Waals surface area contributed by atoms with Gasteiger partial charge < -0.3 is 70.7 Å². The third kappa shape index (κ3) is 12.0. The molecule has 2 aliphatic heterocycles. The zero-order chi connectivity index (χ0) is 44.1. The lowest BCUT2D eigenvalue weighted by atomic mass is 10.1. The van der Waals surface area contributed by atoms with E-state index in [2.05, 4.69) is 50.5 Å². The largest absolute Gasteiger partial charge is 0.490 e. The average molecular weight is 972 g/mol. The van der Waals surface area contributed by atoms with Crippen LogP contribution in [0.25, 0.3) is 11.2 Å². The molecule has 0 bridgehead atoms. The van der Waals surface area contributed by atoms with E-state index in [-0.39, 0.29) is 22.8 Å². The number of aliphatic hydroxyl groups excluding tert-OH is 4. The van der Waals surface area contributed by atoms with Crippen LogP contribution in [0.4, 0.5) is 11.6 Å². The number of nitrogens with two attached hydrogens (primary N) is 2. The molecule has 2 saturated heterocycles. The third-order valence-electron chi connectivity index (χ3n) is 7.30. The molecular weight excluding hydrogens is 942 g/mol. The monoisotopic (exact) mass is 972 g/mol. The van der Waals surface area contributed by atoms with E-state index in [9.17, 15) is 82.0 Å². The van der Waals surface area contributed by atoms with Crippen LogP contribution in [0.3, 0.4) is 0 Å². The molecule has 0 aromatic carbocycles. The van der Waals surface area contributed by atoms with Crippen LogP contribution < -0.4 is 17.2 Å². The number of anilines is 2. The number of hydrogen-bond acceptors (Lipinski definition) is 26. The molecule has 0 aliphatic carbocycles. The van der Waals surface area contributed by atoms with E-state index in [1.807, 2.05) is 0 Å². The zero-order valence-corrected chi connectivity index (χ0v) is 33.7. The highest BCUT2D eigenvalue weighted by atomic mass is 31.3. The van der Waals surface area contributed by atoms with Gasteiger partial charge in [-0.1, -0.05) is 0 Å². The van der Waals surface area contributed by atoms with Crippen molar-refractivity contribution in [3.05, 3.63) is 35.4 Å². The molecule has 332 valence electrons. The third-order valence-corrected chi connectivity index (χ3v) is 16.5. The molecule has 0 spiro atoms. The molecule has 34 nitrogen and oxygen atoms in total. The Labute approximate surface area is 325 Å². The van der Waals surface area contributed by atoms with Crippen molar-refractivity contribution in [3.8, 4) is 0 Å². The molecule has 0 amide bonds. The molecule has 5 rings (SSSR count). The molecule has 14 N–H and O–H groups in total. The van der Waals surface area contributed by atoms with Crippen molar-refractivity contribution in [2.75, 3.05) is 24.7 Å². The van der Waals surface area contributed by atoms with Crippen molar-refractivity contribution in [3.63, 3.8) is 0 Å². The molecular formula is C19H30N8O26P6. The summed E-state index contributed by atoms with van der Waals surface area (Å²) in [6, 6.07) is 1.11. The summed E-state index contributed by atoms with van der Waals surface area (Å²) in [7, 11) is -38.0. The van der Waals surface area contributed by atoms with Crippen LogP contribution >= 0.6 is 46.9 Å². The Hall–Kier alpha value is -2.35. The maximum atomic E-state index is 12.4. The van der Waals surface area contributed by atoms with Gasteiger partial charge in [-0.2, -0.15) is 26.5 Å². The van der Waals surface area contributed by atoms with Crippen molar-refractivity contribution in [2.24, 2.45) is 0 Å². The SMILES string of the molecule is Nc1ccn([C@@H]2O[C@H](COP(=O)(O)OP(=O)(O)OP(=O)(O)OP(=O)(O)OP(=O)(O)OP(=O)(O)OC[C@H]3O[C@@H](n4cnc5c(N)ncnc54)[C@H](O)[C@@H]3O)[C@@H](O)[C@H]2O)c(=O)n1. The number of rotatable bonds is 18. The molecule has 14 atom stereocenters. The zero-order valence-electron chi connectivity index (χ0n) is 28.4. The van der Waals surface area contributed by atoms with Gasteiger partial charge in [0.2, 0.25) is 0 Å². The first kappa shape index (κ1) is 47.7. The Balaban J connectivity index is 1.12. The van der Waals surface area contributed by atoms with Crippen LogP contribution in [0, 0.1) is 0 Å². The fourth-order valence-corrected chi connectivity index (χ4v) is 12.8. The number of ether oxygens (including phenoxy) is 2. The Morgan fingerprint density at radius 3 is 1.49 bits per heavy atom. The maximum absolute atomic E-state index is 12.4. The minimum absolute atomic E-state index is 0.0219. The van der Waals surface area contributed by atoms with E-state index in [1.165, 1.54) is 0 Å². The molecule has 2 aliphatic rings. The number of phosphoric ester groups is 2. The molecule has 0 radical (unpaired) electrons. The second-order valence-corrected chi connectivity index (χ2v) is 20.9. The van der Waals surface area contributed by atoms with E-state index < -0.39 is 115 Å². The number of nitrogen functional groups attached to an aromatic ring is 2. The quantitative estimate of drug-likeness (QED) is 0.0573. The normalized spacial score (nSPS) is 31.1. The minimum Gasteiger partial charge on any atom is -0.387 e. The van der Waals surface area contributed by atoms with Crippen LogP contribution in [0.15, 0.2) is 29.7 Å². The fourth-order valence-electron chi connectivity index (χ4n) is 4.96. The number of fused-ring (bicyclic) bond motifs is 1. The van der Waals surface area contributed by atoms with Crippen LogP contribution in [0.1, 0.15) is 12.5 Å². The predicted molar refractivity (Wildman–Crippen MR) is 181 cm³/mol. The van der Waals surface area contributed by atoms with Crippen LogP contribution in [-0.4, -0.2) is 129 Å². The van der Waals surface area contributed by atoms with Gasteiger partial charge in [0.05, 0.1) is 19.5 Å². The van der Waals surface area contributed by atoms with Crippen LogP contribution in [0.5, 0.6) is 0 Å². The smallest absolute Gasteiger partial charge is 0.387 e. The number of hydrogen-bond donors (Lipinski definition) is 12. The van der Waals surface area contributed by atoms with Gasteiger partial charge in [-0.25, -0.2) is 47.1 Å². The van der Waals surface area contributed by atoms with Crippen LogP contribution in [0.2, 0.25) is 0 Å². The second-order valence-electron chi connectivity index (χ2n) is 11.5. The molecule has 5 heterocycles. The molecule has 40 heteroatoms. The van der Waals surface area contributed by atoms with Crippen molar-refractivity contribution in [1.29, 1.82) is 0 Å². The van der Waals surface area contributed by atoms with Gasteiger partial charge in [0.25, 0.3) is 0 Å². The first-order valence-corrected chi connectivity index (χ1v) is 24.1. The lowest BCUT2D eigenvalue weighted by Crippen LogP contribution is -2.36. The Kier molecular flexibility index (Phi) is 14.1. The predicted octanol–water partition coefficient (Wildman–Crippen LogP) is -2.80. The molecule has 6 unspecified atom stereocenters. The van der Waals surface area contributed by atoms with Crippen molar-refractivity contribution >= 4 is 69.7 Å². The molecule has 3 aromatic heterocycles. The number of aromatic nitrogens is 6. The number of phosphoric acid groups is 6. The van der Waals surface area contributed by atoms with E-state index in [4.69, 9.17) is 20.9 Å². The van der Waals surface area contributed by atoms with Crippen molar-refractivity contribution < 1.29 is 117 Å². The average Bonchev–Trinajstić information content (AvgIpc) is 3.70. The maximum Gasteiger partial charge on any atom is 0.490 e. The van der Waals surface area contributed by atoms with Crippen molar-refractivity contribution in [1.82, 2.24) is 29.1 Å². The Morgan fingerprint density at radius 2 is 1.05 bits per heavy atom. The number of imidazole rings is 1. The topological polar surface area (TPSA) is 518 Å². The lowest BCUT2D eigenvalue weighted by Gasteiger charge is -2.22. The van der Waals surface area contributed by atoms with Crippen molar-refractivity contribution in [2.45, 2.75) is 49.1 Å². The summed E-state index contributed by atoms with van der Waals surface area (Å²) in [6.45, 7) is -2.49. The van der Waals surface area contributed by atoms with E-state index in [1.54, 1.807) is 0 Å². The van der Waals surface area contributed by atoms with Gasteiger partial charge in [-0.15, -0.1) is 0 Å². The van der Waals surface area contributed by atoms with E-state index in [0.29, 0.717) is 4.57 Å². The minimum atomic E-state index is -6.60. The summed E-state index contributed by atoms with van der Waals surface area (Å²) >= 11 is 0. The van der Waals surface area contributed by atoms with Gasteiger partial charge in [0, 0.05) is 6.20 Å². The van der Waals surface area contributed by atoms with Gasteiger partial charge in [-0.3, -0.25) is 18.2 Å². The molecule has 59 heavy (non-hydrogen) atoms. The first-order valence-electron chi connectivity index (χ1n) is 15.1. The van der Waals surface area contributed by atoms with E-state index >= 15 is 0 Å². The Bertz CT molecular complexity index is 2400. The summed E-state index contributed by atoms with van der Waals surface area (Å²) in [4.78, 5) is 85.7. The summed E-state index contributed by atoms with van der Waals surface area (Å²) in [5, 5.41) is 41.3. The number of aliphatic hydroxyl groups is 4. The highest BCUT2D eigenvalue weighted by molar-refractivity contribution is 7.72. The summed E-state index contributed by atoms with van der Waals surface area (Å²) in [5.41, 5.74) is 10.1. The highest BCUT2D eigenvalue weighted by Gasteiger charge is 2.51. The lowest BCUT2D eigenvalue weighted by molar-refractivity contribution is -0.0541. The molecule has 2 fully saturated rings. The van der Waals surface area contributed by atoms with Gasteiger partial charge in [-0.05, 0) is 6.07 Å². The van der Waals surface area contributed by atoms with Crippen LogP contribution in [-0.2, 0) is 67.5 Å². The standard InChI is InChI=1S/C19H30N8O26P6/c20-9-1-2-26(19(32)25-9)17-13(30)11(28)7(47-17)3-45-54(33,34)49-56(37,38)51-58(41,42)53-59(43,44)52-57(39,40)50-55(35,36)46-4-8-12(29)14(31)18(48-8)27-6-24-10-15(21)22-5-23-16(10)27/h1-2,5-8,11-14,17-18,28-31H,3-4H2,(H,33,34)(H,35,36)(H,37,38)(H,39,40)(H,41,42)(H,43,44)(H2,20,25,32)(H2,21,22,23)/t7-,8-,11-,12-,13-,14-,17-,18-/m1/s1. The summed E-state index contributed by atoms with van der Waals surface area (Å²) in [6.07, 6.45) is -11.0. The van der Waals surface area contributed by atoms with Gasteiger partial charge >= 0.3 is 52.6 Å². The Morgan fingerprint density at radius 1 is 0.627 bits per heavy atom. The number of nitrogens with zero attached hydrogens (tertiary/aromatic N) is 6.